The zero-order valence-electron chi connectivity index (χ0n) is 7.57. The summed E-state index contributed by atoms with van der Waals surface area (Å²) < 4.78 is 1.13. The second-order valence-corrected chi connectivity index (χ2v) is 4.11. The van der Waals surface area contributed by atoms with Gasteiger partial charge in [-0.1, -0.05) is 18.2 Å². The summed E-state index contributed by atoms with van der Waals surface area (Å²) in [5.41, 5.74) is 1.11. The van der Waals surface area contributed by atoms with Gasteiger partial charge in [0.15, 0.2) is 0 Å². The first-order valence-electron chi connectivity index (χ1n) is 4.28. The quantitative estimate of drug-likeness (QED) is 0.804. The summed E-state index contributed by atoms with van der Waals surface area (Å²) in [6.07, 6.45) is 0.821. The van der Waals surface area contributed by atoms with Gasteiger partial charge in [0.05, 0.1) is 12.1 Å². The lowest BCUT2D eigenvalue weighted by atomic mass is 9.94. The van der Waals surface area contributed by atoms with Gasteiger partial charge >= 0.3 is 0 Å². The van der Waals surface area contributed by atoms with E-state index < -0.39 is 0 Å². The molecule has 0 heterocycles. The summed E-state index contributed by atoms with van der Waals surface area (Å²) in [7, 11) is 0. The van der Waals surface area contributed by atoms with Gasteiger partial charge in [-0.15, -0.1) is 0 Å². The Morgan fingerprint density at radius 1 is 1.14 bits per heavy atom. The molecule has 0 aliphatic heterocycles. The Kier molecular flexibility index (Phi) is 4.42. The van der Waals surface area contributed by atoms with E-state index in [1.807, 2.05) is 24.3 Å². The molecule has 0 spiro atoms. The fraction of sp³-hybridized carbons (Fsp3) is 0.273. The molecule has 0 N–H and O–H groups in total. The minimum Gasteiger partial charge on any atom is -0.198 e. The average Bonchev–Trinajstić information content (AvgIpc) is 2.18. The fourth-order valence-electron chi connectivity index (χ4n) is 1.32. The molecule has 3 heteroatoms. The van der Waals surface area contributed by atoms with Crippen molar-refractivity contribution in [2.24, 2.45) is 0 Å². The van der Waals surface area contributed by atoms with Gasteiger partial charge in [-0.25, -0.2) is 0 Å². The molecule has 0 aliphatic rings. The van der Waals surface area contributed by atoms with Crippen LogP contribution in [0.1, 0.15) is 24.3 Å². The maximum absolute atomic E-state index is 8.65. The molecule has 14 heavy (non-hydrogen) atoms. The van der Waals surface area contributed by atoms with E-state index >= 15 is 0 Å². The molecule has 0 radical (unpaired) electrons. The van der Waals surface area contributed by atoms with Crippen molar-refractivity contribution in [3.8, 4) is 12.1 Å². The van der Waals surface area contributed by atoms with Gasteiger partial charge in [-0.3, -0.25) is 0 Å². The smallest absolute Gasteiger partial charge is 0.0628 e. The van der Waals surface area contributed by atoms with Crippen molar-refractivity contribution >= 4 is 22.6 Å². The monoisotopic (exact) mass is 296 g/mol. The molecule has 0 saturated heterocycles. The highest BCUT2D eigenvalue weighted by Gasteiger charge is 2.13. The van der Waals surface area contributed by atoms with Gasteiger partial charge in [0.2, 0.25) is 0 Å². The third-order valence-electron chi connectivity index (χ3n) is 2.02. The number of nitrogens with zero attached hydrogens (tertiary/aromatic N) is 2. The van der Waals surface area contributed by atoms with Gasteiger partial charge in [0.1, 0.15) is 0 Å². The van der Waals surface area contributed by atoms with Crippen LogP contribution in [0.5, 0.6) is 0 Å². The third kappa shape index (κ3) is 2.71. The van der Waals surface area contributed by atoms with E-state index in [-0.39, 0.29) is 5.92 Å². The molecule has 0 bridgehead atoms. The van der Waals surface area contributed by atoms with Gasteiger partial charge < -0.3 is 0 Å². The maximum Gasteiger partial charge on any atom is 0.0628 e. The van der Waals surface area contributed by atoms with Crippen molar-refractivity contribution in [3.05, 3.63) is 33.4 Å². The molecular weight excluding hydrogens is 287 g/mol. The lowest BCUT2D eigenvalue weighted by molar-refractivity contribution is 0.722. The molecule has 0 saturated carbocycles. The van der Waals surface area contributed by atoms with Crippen LogP contribution in [0.15, 0.2) is 24.3 Å². The van der Waals surface area contributed by atoms with Crippen LogP contribution < -0.4 is 0 Å². The van der Waals surface area contributed by atoms with E-state index in [1.54, 1.807) is 0 Å². The Labute approximate surface area is 97.3 Å². The van der Waals surface area contributed by atoms with E-state index in [0.717, 1.165) is 9.13 Å². The van der Waals surface area contributed by atoms with Gasteiger partial charge in [0, 0.05) is 22.3 Å². The summed E-state index contributed by atoms with van der Waals surface area (Å²) in [6.45, 7) is 0. The van der Waals surface area contributed by atoms with Crippen molar-refractivity contribution < 1.29 is 0 Å². The van der Waals surface area contributed by atoms with Crippen LogP contribution in [0.3, 0.4) is 0 Å². The van der Waals surface area contributed by atoms with Crippen LogP contribution in [0.25, 0.3) is 0 Å². The number of rotatable bonds is 3. The molecule has 0 fully saturated rings. The number of nitriles is 2. The molecule has 0 atom stereocenters. The molecule has 0 unspecified atom stereocenters. The number of hydrogen-bond donors (Lipinski definition) is 0. The molecule has 1 aromatic carbocycles. The largest absolute Gasteiger partial charge is 0.198 e. The van der Waals surface area contributed by atoms with Crippen LogP contribution in [0, 0.1) is 26.2 Å². The molecule has 1 aromatic rings. The highest BCUT2D eigenvalue weighted by Crippen LogP contribution is 2.26. The summed E-state index contributed by atoms with van der Waals surface area (Å²) >= 11 is 2.24. The van der Waals surface area contributed by atoms with Gasteiger partial charge in [-0.05, 0) is 34.2 Å². The summed E-state index contributed by atoms with van der Waals surface area (Å²) in [5.74, 6) is 0.0538. The minimum atomic E-state index is 0.0538. The Morgan fingerprint density at radius 3 is 2.21 bits per heavy atom. The van der Waals surface area contributed by atoms with Crippen molar-refractivity contribution in [1.82, 2.24) is 0 Å². The number of halogens is 1. The van der Waals surface area contributed by atoms with Crippen molar-refractivity contribution in [3.63, 3.8) is 0 Å². The van der Waals surface area contributed by atoms with E-state index in [4.69, 9.17) is 10.5 Å². The van der Waals surface area contributed by atoms with Crippen molar-refractivity contribution in [1.29, 1.82) is 10.5 Å². The highest BCUT2D eigenvalue weighted by molar-refractivity contribution is 14.1. The standard InChI is InChI=1S/C11H9IN2/c12-11-4-2-1-3-10(11)9(5-7-13)6-8-14/h1-4,9H,5-6H2. The lowest BCUT2D eigenvalue weighted by Gasteiger charge is -2.11. The zero-order chi connectivity index (χ0) is 10.4. The SMILES string of the molecule is N#CCC(CC#N)c1ccccc1I. The first-order chi connectivity index (χ1) is 6.79. The van der Waals surface area contributed by atoms with Crippen molar-refractivity contribution in [2.75, 3.05) is 0 Å². The normalized spacial score (nSPS) is 9.43. The number of benzene rings is 1. The Hall–Kier alpha value is -1.07. The highest BCUT2D eigenvalue weighted by atomic mass is 127. The Balaban J connectivity index is 2.95. The summed E-state index contributed by atoms with van der Waals surface area (Å²) in [6, 6.07) is 12.1. The van der Waals surface area contributed by atoms with E-state index in [9.17, 15) is 0 Å². The second kappa shape index (κ2) is 5.62. The molecule has 70 valence electrons. The van der Waals surface area contributed by atoms with Gasteiger partial charge in [-0.2, -0.15) is 10.5 Å². The first-order valence-corrected chi connectivity index (χ1v) is 5.35. The van der Waals surface area contributed by atoms with Crippen molar-refractivity contribution in [2.45, 2.75) is 18.8 Å². The van der Waals surface area contributed by atoms with Crippen LogP contribution in [0.4, 0.5) is 0 Å². The average molecular weight is 296 g/mol. The first kappa shape index (κ1) is 11.0. The summed E-state index contributed by atoms with van der Waals surface area (Å²) in [4.78, 5) is 0. The molecular formula is C11H9IN2. The van der Waals surface area contributed by atoms with Crippen LogP contribution in [-0.2, 0) is 0 Å². The van der Waals surface area contributed by atoms with E-state index in [1.165, 1.54) is 0 Å². The minimum absolute atomic E-state index is 0.0538. The Morgan fingerprint density at radius 2 is 1.71 bits per heavy atom. The molecule has 0 amide bonds. The second-order valence-electron chi connectivity index (χ2n) is 2.94. The van der Waals surface area contributed by atoms with E-state index in [2.05, 4.69) is 34.7 Å². The topological polar surface area (TPSA) is 47.6 Å². The van der Waals surface area contributed by atoms with Crippen LogP contribution in [-0.4, -0.2) is 0 Å². The molecule has 2 nitrogen and oxygen atoms in total. The summed E-state index contributed by atoms with van der Waals surface area (Å²) in [5, 5.41) is 17.3. The predicted molar refractivity (Wildman–Crippen MR) is 62.4 cm³/mol. The molecule has 0 aliphatic carbocycles. The maximum atomic E-state index is 8.65. The Bertz CT molecular complexity index is 371. The van der Waals surface area contributed by atoms with Gasteiger partial charge in [0.25, 0.3) is 0 Å². The molecule has 0 aromatic heterocycles. The zero-order valence-corrected chi connectivity index (χ0v) is 9.73. The van der Waals surface area contributed by atoms with E-state index in [0.29, 0.717) is 12.8 Å². The van der Waals surface area contributed by atoms with Crippen LogP contribution >= 0.6 is 22.6 Å². The fourth-order valence-corrected chi connectivity index (χ4v) is 2.15. The predicted octanol–water partition coefficient (Wildman–Crippen LogP) is 3.20. The molecule has 1 rings (SSSR count). The van der Waals surface area contributed by atoms with Crippen LogP contribution in [0.2, 0.25) is 0 Å². The lowest BCUT2D eigenvalue weighted by Crippen LogP contribution is -1.99. The number of hydrogen-bond acceptors (Lipinski definition) is 2. The third-order valence-corrected chi connectivity index (χ3v) is 3.00.